The molecule has 2 aromatic rings. The molecule has 0 aliphatic carbocycles. The molecule has 0 atom stereocenters. The van der Waals surface area contributed by atoms with Crippen LogP contribution in [0, 0.1) is 102 Å². The van der Waals surface area contributed by atoms with Crippen molar-refractivity contribution < 1.29 is 103 Å². The van der Waals surface area contributed by atoms with Gasteiger partial charge in [-0.05, 0) is 0 Å². The Hall–Kier alpha value is -0.951. The number of nitrogens with one attached hydrogen (secondary N) is 1. The van der Waals surface area contributed by atoms with E-state index in [2.05, 4.69) is 127 Å². The third-order valence-corrected chi connectivity index (χ3v) is 4.79. The summed E-state index contributed by atoms with van der Waals surface area (Å²) in [6, 6.07) is 0. The van der Waals surface area contributed by atoms with Crippen LogP contribution in [0.25, 0.3) is 0 Å². The van der Waals surface area contributed by atoms with Crippen molar-refractivity contribution in [1.82, 2.24) is 35.1 Å². The first kappa shape index (κ1) is 30.1. The topological polar surface area (TPSA) is 147 Å². The fourth-order valence-corrected chi connectivity index (χ4v) is 3.20. The standard InChI is InChI=1S/C11H13N4O2.C9H11N4O.2Yb/c1-7-9(5-12-8(2)16)13-6-14-10(7)11(17)15(3)4;1-6-7(4-10)11-5-12-8(6)9(14)13(2)3;;/h6H,1H2,2-4H3,(H,12,16);5H,1,10H2,2-3H3;;/q2*-1;;. The molecular weight excluding hydrogens is 746 g/mol. The van der Waals surface area contributed by atoms with Crippen LogP contribution in [0.2, 0.25) is 0 Å². The van der Waals surface area contributed by atoms with Gasteiger partial charge in [0.05, 0.1) is 0 Å². The van der Waals surface area contributed by atoms with Gasteiger partial charge in [0.25, 0.3) is 0 Å². The number of nitrogens with zero attached hydrogens (tertiary/aromatic N) is 6. The summed E-state index contributed by atoms with van der Waals surface area (Å²) >= 11 is 5.54. The summed E-state index contributed by atoms with van der Waals surface area (Å²) in [6.07, 6.45) is 2.56. The predicted octanol–water partition coefficient (Wildman–Crippen LogP) is -1.13. The first-order valence-electron chi connectivity index (χ1n) is 9.04. The SMILES string of the molecule is [CH2-]c1c(C(=O)N(C)C)ncnc1[C](=[Yb])NC(C)=O.[CH2-]c1c(C(=O)N(C)C)ncnc1[C](N)=[Yb]. The van der Waals surface area contributed by atoms with Gasteiger partial charge in [0.1, 0.15) is 0 Å². The average Bonchev–Trinajstić information content (AvgIpc) is 2.72. The Morgan fingerprint density at radius 1 is 0.818 bits per heavy atom. The van der Waals surface area contributed by atoms with Gasteiger partial charge >= 0.3 is 257 Å². The Labute approximate surface area is 253 Å². The van der Waals surface area contributed by atoms with Gasteiger partial charge in [0, 0.05) is 0 Å². The van der Waals surface area contributed by atoms with Crippen molar-refractivity contribution in [2.24, 2.45) is 5.73 Å². The molecule has 0 saturated carbocycles. The molecule has 0 spiro atoms. The van der Waals surface area contributed by atoms with E-state index in [-0.39, 0.29) is 29.1 Å². The van der Waals surface area contributed by atoms with E-state index in [9.17, 15) is 14.4 Å². The molecule has 0 radical (unpaired) electrons. The number of nitrogens with two attached hydrogens (primary N) is 1. The molecule has 13 heteroatoms. The predicted molar refractivity (Wildman–Crippen MR) is 115 cm³/mol. The van der Waals surface area contributed by atoms with E-state index < -0.39 is 0 Å². The molecular formula is C20H24N8O3Yb2-2. The summed E-state index contributed by atoms with van der Waals surface area (Å²) in [6.45, 7) is 8.91. The van der Waals surface area contributed by atoms with Crippen LogP contribution in [0.1, 0.15) is 50.4 Å². The normalized spacial score (nSPS) is 9.88. The third-order valence-electron chi connectivity index (χ3n) is 3.76. The molecule has 0 bridgehead atoms. The van der Waals surface area contributed by atoms with Crippen molar-refractivity contribution in [3.05, 3.63) is 60.4 Å². The van der Waals surface area contributed by atoms with Crippen LogP contribution in [-0.2, 0) is 4.79 Å². The van der Waals surface area contributed by atoms with Crippen LogP contribution >= 0.6 is 0 Å². The van der Waals surface area contributed by atoms with Gasteiger partial charge in [-0.3, -0.25) is 0 Å². The Bertz CT molecular complexity index is 1100. The Kier molecular flexibility index (Phi) is 12.6. The van der Waals surface area contributed by atoms with Crippen LogP contribution in [0.5, 0.6) is 0 Å². The zero-order valence-electron chi connectivity index (χ0n) is 18.6. The van der Waals surface area contributed by atoms with Gasteiger partial charge < -0.3 is 0 Å². The van der Waals surface area contributed by atoms with Crippen LogP contribution in [0.15, 0.2) is 12.7 Å². The Morgan fingerprint density at radius 2 is 1.18 bits per heavy atom. The van der Waals surface area contributed by atoms with Gasteiger partial charge in [-0.2, -0.15) is 0 Å². The molecule has 2 rings (SSSR count). The monoisotopic (exact) mass is 772 g/mol. The fraction of sp³-hybridized carbons (Fsp3) is 0.250. The van der Waals surface area contributed by atoms with E-state index >= 15 is 0 Å². The van der Waals surface area contributed by atoms with Crippen LogP contribution in [0.4, 0.5) is 0 Å². The quantitative estimate of drug-likeness (QED) is 0.364. The van der Waals surface area contributed by atoms with Gasteiger partial charge in [0.2, 0.25) is 0 Å². The number of hydrogen-bond acceptors (Lipinski definition) is 8. The maximum atomic E-state index is 11.9. The molecule has 0 aromatic carbocycles. The van der Waals surface area contributed by atoms with Crippen LogP contribution in [0.3, 0.4) is 0 Å². The van der Waals surface area contributed by atoms with Crippen molar-refractivity contribution in [1.29, 1.82) is 0 Å². The van der Waals surface area contributed by atoms with E-state index in [1.807, 2.05) is 0 Å². The molecule has 33 heavy (non-hydrogen) atoms. The van der Waals surface area contributed by atoms with E-state index in [0.29, 0.717) is 23.2 Å². The van der Waals surface area contributed by atoms with Gasteiger partial charge in [-0.1, -0.05) is 0 Å². The first-order valence-corrected chi connectivity index (χ1v) is 10.8. The molecule has 2 heterocycles. The second-order valence-corrected chi connectivity index (χ2v) is 8.51. The van der Waals surface area contributed by atoms with Gasteiger partial charge in [-0.15, -0.1) is 0 Å². The number of aromatic nitrogens is 4. The van der Waals surface area contributed by atoms with Crippen molar-refractivity contribution in [2.75, 3.05) is 28.2 Å². The van der Waals surface area contributed by atoms with E-state index in [0.717, 1.165) is 0 Å². The molecule has 0 saturated heterocycles. The third kappa shape index (κ3) is 8.65. The summed E-state index contributed by atoms with van der Waals surface area (Å²) in [5.74, 6) is -0.723. The molecule has 0 aliphatic rings. The second-order valence-electron chi connectivity index (χ2n) is 6.73. The summed E-state index contributed by atoms with van der Waals surface area (Å²) in [5, 5.41) is 2.56. The Morgan fingerprint density at radius 3 is 1.55 bits per heavy atom. The summed E-state index contributed by atoms with van der Waals surface area (Å²) in [5.41, 5.74) is 7.70. The first-order chi connectivity index (χ1) is 15.3. The number of carbonyl (C=O) groups is 3. The van der Waals surface area contributed by atoms with Crippen LogP contribution < -0.4 is 11.1 Å². The molecule has 192 valence electrons. The van der Waals surface area contributed by atoms with E-state index in [4.69, 9.17) is 5.73 Å². The number of carbonyl (C=O) groups excluding carboxylic acids is 3. The fourth-order valence-electron chi connectivity index (χ4n) is 2.16. The molecule has 3 N–H and O–H groups in total. The maximum absolute atomic E-state index is 11.9. The average molecular weight is 771 g/mol. The van der Waals surface area contributed by atoms with Crippen molar-refractivity contribution in [3.8, 4) is 0 Å². The van der Waals surface area contributed by atoms with Gasteiger partial charge in [-0.25, -0.2) is 0 Å². The van der Waals surface area contributed by atoms with Crippen molar-refractivity contribution >= 4 is 18.4 Å². The zero-order chi connectivity index (χ0) is 25.5. The Balaban J connectivity index is 0.000000335. The van der Waals surface area contributed by atoms with Gasteiger partial charge in [0.15, 0.2) is 0 Å². The molecule has 3 amide bonds. The minimum absolute atomic E-state index is 0.209. The summed E-state index contributed by atoms with van der Waals surface area (Å²) in [4.78, 5) is 53.1. The molecule has 0 fully saturated rings. The van der Waals surface area contributed by atoms with Crippen LogP contribution in [-0.4, -0.2) is 76.4 Å². The van der Waals surface area contributed by atoms with Crippen molar-refractivity contribution in [2.45, 2.75) is 6.92 Å². The zero-order valence-corrected chi connectivity index (χ0v) is 22.0. The van der Waals surface area contributed by atoms with E-state index in [1.54, 1.807) is 28.2 Å². The number of hydrogen-bond donors (Lipinski definition) is 2. The number of rotatable bonds is 5. The van der Waals surface area contributed by atoms with Crippen molar-refractivity contribution in [3.63, 3.8) is 0 Å². The summed E-state index contributed by atoms with van der Waals surface area (Å²) in [7, 11) is 6.54. The molecule has 0 aliphatic heterocycles. The molecule has 11 nitrogen and oxygen atoms in total. The molecule has 0 unspecified atom stereocenters. The number of amides is 3. The minimum atomic E-state index is -0.266. The van der Waals surface area contributed by atoms with E-state index in [1.165, 1.54) is 29.4 Å². The summed E-state index contributed by atoms with van der Waals surface area (Å²) < 4.78 is 0.790. The molecule has 2 aromatic heterocycles. The second kappa shape index (κ2) is 13.8.